The number of phenols is 1. The number of halogens is 9. The number of para-hydroxylation sites is 6. The molecule has 0 radical (unpaired) electrons. The molecule has 8 N–H and O–H groups in total. The van der Waals surface area contributed by atoms with Gasteiger partial charge in [-0.2, -0.15) is 54.8 Å². The Morgan fingerprint density at radius 2 is 0.651 bits per heavy atom. The zero-order valence-corrected chi connectivity index (χ0v) is 58.3. The molecule has 9 rings (SSSR count). The largest absolute Gasteiger partial charge is 0.506 e. The minimum Gasteiger partial charge on any atom is -0.506 e. The van der Waals surface area contributed by atoms with Crippen molar-refractivity contribution in [2.75, 3.05) is 78.9 Å². The van der Waals surface area contributed by atoms with Gasteiger partial charge in [-0.25, -0.2) is 23.6 Å². The first-order valence-electron chi connectivity index (χ1n) is 32.9. The number of esters is 1. The van der Waals surface area contributed by atoms with Crippen LogP contribution in [0.5, 0.6) is 34.5 Å². The molecule has 0 saturated heterocycles. The van der Waals surface area contributed by atoms with Gasteiger partial charge in [0.2, 0.25) is 0 Å². The summed E-state index contributed by atoms with van der Waals surface area (Å²) in [4.78, 5) is 96.7. The number of aromatic nitrogens is 6. The van der Waals surface area contributed by atoms with E-state index in [1.165, 1.54) is 66.7 Å². The fourth-order valence-electron chi connectivity index (χ4n) is 9.55. The van der Waals surface area contributed by atoms with Crippen LogP contribution >= 0.6 is 0 Å². The number of aromatic hydroxyl groups is 1. The number of alkyl halides is 9. The highest BCUT2D eigenvalue weighted by Gasteiger charge is 2.42. The third kappa shape index (κ3) is 24.5. The van der Waals surface area contributed by atoms with Crippen molar-refractivity contribution in [1.82, 2.24) is 61.2 Å². The number of benzene rings is 6. The summed E-state index contributed by atoms with van der Waals surface area (Å²) in [6, 6.07) is 36.5. The van der Waals surface area contributed by atoms with Gasteiger partial charge in [0, 0.05) is 74.5 Å². The Kier molecular flexibility index (Phi) is 30.0. The number of carboxylic acids is 1. The van der Waals surface area contributed by atoms with Crippen molar-refractivity contribution in [3.63, 3.8) is 0 Å². The van der Waals surface area contributed by atoms with E-state index < -0.39 is 113 Å². The summed E-state index contributed by atoms with van der Waals surface area (Å²) < 4.78 is 156. The summed E-state index contributed by atoms with van der Waals surface area (Å²) in [5, 5.41) is 43.9. The number of amides is 6. The van der Waals surface area contributed by atoms with E-state index in [1.807, 2.05) is 20.8 Å². The fourth-order valence-corrected chi connectivity index (χ4v) is 9.55. The Labute approximate surface area is 614 Å². The molecule has 0 saturated carbocycles. The second kappa shape index (κ2) is 39.3. The highest BCUT2D eigenvalue weighted by molar-refractivity contribution is 5.98. The standard InChI is InChI=1S/C26H27F3N4O6.C24H23F3N4O6.C22H21F3N4O4/c1-3-37-18-11-9-17(10-12-18)24(35)30-13-14-31-25(36)19-15-33(32-23(19)26(27,28)29)20-7-5-6-8-21(20)39-16-22(34)38-4-2;1-2-36-16-9-7-15(8-10-16)22(34)28-11-12-29-23(35)17-13-31(30-21(17)24(25,26)27)18-5-3-4-6-19(18)37-14-20(32)33;1-2-33-15-9-7-14(8-10-15)20(31)26-11-12-27-21(32)16-13-29(28-19(16)22(23,24)25)17-5-3-4-6-18(17)30/h5-12,15H,3-4,13-14,16H2,1-2H3,(H,30,35)(H,31,36);3-10,13H,2,11-12,14H2,1H3,(H,28,34)(H,29,35)(H,32,33);3-10,13,30H,2,11-12H2,1H3,(H,26,31)(H,27,32). The maximum absolute atomic E-state index is 13.7. The van der Waals surface area contributed by atoms with Crippen molar-refractivity contribution in [1.29, 1.82) is 0 Å². The second-order valence-electron chi connectivity index (χ2n) is 22.1. The number of aliphatic carboxylic acids is 1. The van der Waals surface area contributed by atoms with E-state index in [4.69, 9.17) is 33.5 Å². The highest BCUT2D eigenvalue weighted by Crippen LogP contribution is 2.36. The van der Waals surface area contributed by atoms with E-state index in [0.717, 1.165) is 32.6 Å². The number of nitrogens with one attached hydrogen (secondary N) is 6. The van der Waals surface area contributed by atoms with Gasteiger partial charge >= 0.3 is 30.5 Å². The number of carboxylic acid groups (broad SMARTS) is 1. The molecule has 109 heavy (non-hydrogen) atoms. The number of ether oxygens (including phenoxy) is 6. The van der Waals surface area contributed by atoms with E-state index in [2.05, 4.69) is 47.2 Å². The summed E-state index contributed by atoms with van der Waals surface area (Å²) in [5.41, 5.74) is -5.25. The molecule has 0 spiro atoms. The number of carbonyl (C=O) groups is 8. The number of hydrogen-bond donors (Lipinski definition) is 8. The highest BCUT2D eigenvalue weighted by atomic mass is 19.4. The van der Waals surface area contributed by atoms with Gasteiger partial charge in [0.05, 0.1) is 43.1 Å². The minimum absolute atomic E-state index is 0.00720. The first-order valence-corrected chi connectivity index (χ1v) is 32.9. The third-order valence-electron chi connectivity index (χ3n) is 14.4. The number of phenolic OH excluding ortho intramolecular Hbond substituents is 1. The lowest BCUT2D eigenvalue weighted by molar-refractivity contribution is -0.145. The Hall–Kier alpha value is -13.1. The zero-order chi connectivity index (χ0) is 79.4. The quantitative estimate of drug-likeness (QED) is 0.0114. The first kappa shape index (κ1) is 83.2. The lowest BCUT2D eigenvalue weighted by Gasteiger charge is -2.11. The predicted octanol–water partition coefficient (Wildman–Crippen LogP) is 9.46. The molecule has 0 atom stereocenters. The molecule has 28 nitrogen and oxygen atoms in total. The molecule has 3 heterocycles. The summed E-state index contributed by atoms with van der Waals surface area (Å²) in [6.07, 6.45) is -12.1. The van der Waals surface area contributed by atoms with Gasteiger partial charge in [-0.3, -0.25) is 28.8 Å². The van der Waals surface area contributed by atoms with Crippen molar-refractivity contribution in [2.24, 2.45) is 0 Å². The van der Waals surface area contributed by atoms with Crippen LogP contribution in [0.15, 0.2) is 164 Å². The summed E-state index contributed by atoms with van der Waals surface area (Å²) in [7, 11) is 0. The van der Waals surface area contributed by atoms with Gasteiger partial charge < -0.3 is 70.5 Å². The number of hydrogen-bond acceptors (Lipinski definition) is 18. The van der Waals surface area contributed by atoms with Gasteiger partial charge in [0.1, 0.15) is 51.6 Å². The lowest BCUT2D eigenvalue weighted by atomic mass is 10.2. The van der Waals surface area contributed by atoms with E-state index in [0.29, 0.717) is 53.8 Å². The molecule has 6 aromatic carbocycles. The van der Waals surface area contributed by atoms with Crippen LogP contribution in [-0.2, 0) is 32.9 Å². The van der Waals surface area contributed by atoms with Crippen molar-refractivity contribution in [3.05, 3.63) is 215 Å². The SMILES string of the molecule is CCOC(=O)COc1ccccc1-n1cc(C(=O)NCCNC(=O)c2ccc(OCC)cc2)c(C(F)(F)F)n1.CCOc1ccc(C(=O)NCCNC(=O)c2cn(-c3ccccc3O)nc2C(F)(F)F)cc1.CCOc1ccc(C(=O)NCCNC(=O)c2cn(-c3ccccc3OCC(=O)O)nc2C(F)(F)F)cc1. The minimum atomic E-state index is -4.95. The summed E-state index contributed by atoms with van der Waals surface area (Å²) >= 11 is 0. The van der Waals surface area contributed by atoms with E-state index in [9.17, 15) is 83.0 Å². The molecule has 0 unspecified atom stereocenters. The Balaban J connectivity index is 0.000000228. The van der Waals surface area contributed by atoms with Crippen molar-refractivity contribution in [3.8, 4) is 51.6 Å². The van der Waals surface area contributed by atoms with Crippen LogP contribution in [0.1, 0.15) is 107 Å². The molecule has 0 bridgehead atoms. The molecule has 37 heteroatoms. The molecule has 3 aromatic heterocycles. The van der Waals surface area contributed by atoms with Gasteiger partial charge in [-0.1, -0.05) is 36.4 Å². The smallest absolute Gasteiger partial charge is 0.435 e. The maximum atomic E-state index is 13.7. The molecule has 6 amide bonds. The van der Waals surface area contributed by atoms with Crippen LogP contribution in [0.25, 0.3) is 17.1 Å². The Bertz CT molecular complexity index is 4590. The monoisotopic (exact) mass is 1530 g/mol. The lowest BCUT2D eigenvalue weighted by Crippen LogP contribution is -2.35. The number of carbonyl (C=O) groups excluding carboxylic acids is 7. The van der Waals surface area contributed by atoms with Crippen molar-refractivity contribution in [2.45, 2.75) is 46.2 Å². The van der Waals surface area contributed by atoms with E-state index in [-0.39, 0.29) is 80.2 Å². The maximum Gasteiger partial charge on any atom is 0.435 e. The zero-order valence-electron chi connectivity index (χ0n) is 58.3. The number of nitrogens with zero attached hydrogens (tertiary/aromatic N) is 6. The molecule has 9 aromatic rings. The summed E-state index contributed by atoms with van der Waals surface area (Å²) in [5.74, 6) is -4.74. The molecule has 0 aliphatic carbocycles. The van der Waals surface area contributed by atoms with Gasteiger partial charge in [0.15, 0.2) is 30.3 Å². The fraction of sp³-hybridized carbons (Fsp3) is 0.264. The third-order valence-corrected chi connectivity index (χ3v) is 14.4. The second-order valence-corrected chi connectivity index (χ2v) is 22.1. The van der Waals surface area contributed by atoms with Crippen LogP contribution in [0.2, 0.25) is 0 Å². The van der Waals surface area contributed by atoms with Crippen LogP contribution in [0, 0.1) is 0 Å². The Morgan fingerprint density at radius 3 is 0.945 bits per heavy atom. The molecule has 578 valence electrons. The van der Waals surface area contributed by atoms with Crippen LogP contribution < -0.4 is 55.6 Å². The van der Waals surface area contributed by atoms with Gasteiger partial charge in [-0.15, -0.1) is 0 Å². The van der Waals surface area contributed by atoms with Crippen molar-refractivity contribution < 1.29 is 117 Å². The molecule has 0 fully saturated rings. The van der Waals surface area contributed by atoms with Crippen molar-refractivity contribution >= 4 is 47.4 Å². The average molecular weight is 1530 g/mol. The molecule has 0 aliphatic heterocycles. The van der Waals surface area contributed by atoms with Gasteiger partial charge in [-0.05, 0) is 137 Å². The molecular weight excluding hydrogens is 1460 g/mol. The summed E-state index contributed by atoms with van der Waals surface area (Å²) in [6.45, 7) is 7.05. The van der Waals surface area contributed by atoms with Crippen LogP contribution in [0.3, 0.4) is 0 Å². The predicted molar refractivity (Wildman–Crippen MR) is 369 cm³/mol. The van der Waals surface area contributed by atoms with Gasteiger partial charge in [0.25, 0.3) is 35.4 Å². The topological polar surface area (TPSA) is 358 Å². The van der Waals surface area contributed by atoms with Crippen LogP contribution in [0.4, 0.5) is 39.5 Å². The Morgan fingerprint density at radius 1 is 0.367 bits per heavy atom. The average Bonchev–Trinajstić information content (AvgIpc) is 1.66. The van der Waals surface area contributed by atoms with E-state index in [1.54, 1.807) is 85.8 Å². The molecule has 0 aliphatic rings. The first-order chi connectivity index (χ1) is 51.9. The number of rotatable bonds is 31. The molecular formula is C72H71F9N12O16. The normalized spacial score (nSPS) is 11.1. The van der Waals surface area contributed by atoms with E-state index >= 15 is 0 Å². The van der Waals surface area contributed by atoms with Crippen LogP contribution in [-0.4, -0.2) is 166 Å².